The first-order valence-electron chi connectivity index (χ1n) is 7.86. The maximum atomic E-state index is 12.3. The highest BCUT2D eigenvalue weighted by molar-refractivity contribution is 7.99. The van der Waals surface area contributed by atoms with E-state index < -0.39 is 5.44 Å². The van der Waals surface area contributed by atoms with Crippen molar-refractivity contribution in [2.75, 3.05) is 12.9 Å². The molecular formula is C18H24N2O3S. The van der Waals surface area contributed by atoms with Crippen molar-refractivity contribution in [2.24, 2.45) is 0 Å². The lowest BCUT2D eigenvalue weighted by Gasteiger charge is -2.24. The van der Waals surface area contributed by atoms with Gasteiger partial charge in [-0.1, -0.05) is 0 Å². The first kappa shape index (κ1) is 18.4. The zero-order valence-corrected chi connectivity index (χ0v) is 15.6. The molecular weight excluding hydrogens is 324 g/mol. The van der Waals surface area contributed by atoms with Crippen LogP contribution in [0.3, 0.4) is 0 Å². The summed E-state index contributed by atoms with van der Waals surface area (Å²) in [5, 5.41) is 3.85. The number of amides is 1. The fraction of sp³-hybridized carbons (Fsp3) is 0.444. The highest BCUT2D eigenvalue weighted by Gasteiger charge is 2.23. The van der Waals surface area contributed by atoms with Gasteiger partial charge in [0.2, 0.25) is 5.44 Å². The monoisotopic (exact) mass is 348 g/mol. The zero-order chi connectivity index (χ0) is 17.7. The summed E-state index contributed by atoms with van der Waals surface area (Å²) in [5.74, 6) is 1.20. The molecule has 2 rings (SSSR count). The van der Waals surface area contributed by atoms with Crippen molar-refractivity contribution in [3.63, 3.8) is 0 Å². The molecule has 0 radical (unpaired) electrons. The minimum atomic E-state index is -0.607. The van der Waals surface area contributed by atoms with Crippen LogP contribution in [0.5, 0.6) is 11.5 Å². The van der Waals surface area contributed by atoms with Crippen LogP contribution >= 0.6 is 11.8 Å². The fourth-order valence-corrected chi connectivity index (χ4v) is 2.65. The van der Waals surface area contributed by atoms with E-state index in [0.29, 0.717) is 18.1 Å². The summed E-state index contributed by atoms with van der Waals surface area (Å²) in [6.45, 7) is 8.35. The van der Waals surface area contributed by atoms with Gasteiger partial charge in [0.1, 0.15) is 11.5 Å². The van der Waals surface area contributed by atoms with Crippen LogP contribution in [0.15, 0.2) is 30.5 Å². The molecule has 0 spiro atoms. The van der Waals surface area contributed by atoms with Gasteiger partial charge in [-0.15, -0.1) is 11.8 Å². The molecule has 1 aromatic heterocycles. The fourth-order valence-electron chi connectivity index (χ4n) is 2.17. The van der Waals surface area contributed by atoms with Gasteiger partial charge < -0.3 is 14.8 Å². The minimum Gasteiger partial charge on any atom is -0.492 e. The average molecular weight is 348 g/mol. The Kier molecular flexibility index (Phi) is 5.94. The number of fused-ring (bicyclic) bond motifs is 1. The van der Waals surface area contributed by atoms with Gasteiger partial charge in [0.05, 0.1) is 18.3 Å². The normalized spacial score (nSPS) is 12.7. The Hall–Kier alpha value is -1.95. The van der Waals surface area contributed by atoms with Gasteiger partial charge in [0.15, 0.2) is 0 Å². The second kappa shape index (κ2) is 7.75. The lowest BCUT2D eigenvalue weighted by atomic mass is 10.1. The lowest BCUT2D eigenvalue weighted by Crippen LogP contribution is -2.46. The number of carbonyl (C=O) groups excluding carboxylic acids is 1. The van der Waals surface area contributed by atoms with Crippen LogP contribution in [0.2, 0.25) is 0 Å². The van der Waals surface area contributed by atoms with Crippen molar-refractivity contribution in [1.82, 2.24) is 10.3 Å². The third kappa shape index (κ3) is 5.03. The maximum Gasteiger partial charge on any atom is 0.272 e. The Morgan fingerprint density at radius 3 is 2.62 bits per heavy atom. The van der Waals surface area contributed by atoms with E-state index in [0.717, 1.165) is 10.9 Å². The van der Waals surface area contributed by atoms with Crippen LogP contribution in [-0.2, 0) is 4.79 Å². The van der Waals surface area contributed by atoms with Gasteiger partial charge in [-0.3, -0.25) is 9.78 Å². The molecule has 0 saturated heterocycles. The SMILES string of the molecule is CCOc1cnc2ccc(OC(SC)C(=O)NC(C)(C)C)cc2c1. The van der Waals surface area contributed by atoms with Crippen molar-refractivity contribution < 1.29 is 14.3 Å². The topological polar surface area (TPSA) is 60.5 Å². The minimum absolute atomic E-state index is 0.142. The molecule has 1 heterocycles. The van der Waals surface area contributed by atoms with E-state index in [2.05, 4.69) is 10.3 Å². The molecule has 24 heavy (non-hydrogen) atoms. The van der Waals surface area contributed by atoms with Gasteiger partial charge in [0.25, 0.3) is 5.91 Å². The highest BCUT2D eigenvalue weighted by Crippen LogP contribution is 2.25. The molecule has 2 aromatic rings. The molecule has 0 aliphatic rings. The smallest absolute Gasteiger partial charge is 0.272 e. The number of rotatable bonds is 6. The Bertz CT molecular complexity index is 713. The summed E-state index contributed by atoms with van der Waals surface area (Å²) < 4.78 is 11.3. The lowest BCUT2D eigenvalue weighted by molar-refractivity contribution is -0.125. The van der Waals surface area contributed by atoms with Crippen molar-refractivity contribution in [1.29, 1.82) is 0 Å². The first-order valence-corrected chi connectivity index (χ1v) is 9.15. The summed E-state index contributed by atoms with van der Waals surface area (Å²) in [4.78, 5) is 16.7. The number of carbonyl (C=O) groups is 1. The Morgan fingerprint density at radius 2 is 2.00 bits per heavy atom. The average Bonchev–Trinajstić information content (AvgIpc) is 2.50. The number of nitrogens with one attached hydrogen (secondary N) is 1. The molecule has 6 heteroatoms. The summed E-state index contributed by atoms with van der Waals surface area (Å²) in [6.07, 6.45) is 3.55. The van der Waals surface area contributed by atoms with Crippen LogP contribution < -0.4 is 14.8 Å². The van der Waals surface area contributed by atoms with E-state index in [9.17, 15) is 4.79 Å². The Labute approximate surface area is 147 Å². The highest BCUT2D eigenvalue weighted by atomic mass is 32.2. The van der Waals surface area contributed by atoms with Crippen molar-refractivity contribution in [3.8, 4) is 11.5 Å². The van der Waals surface area contributed by atoms with E-state index in [1.54, 1.807) is 6.20 Å². The van der Waals surface area contributed by atoms with E-state index in [4.69, 9.17) is 9.47 Å². The van der Waals surface area contributed by atoms with Gasteiger partial charge in [-0.05, 0) is 58.2 Å². The summed E-state index contributed by atoms with van der Waals surface area (Å²) >= 11 is 1.36. The molecule has 0 fully saturated rings. The summed E-state index contributed by atoms with van der Waals surface area (Å²) in [6, 6.07) is 7.49. The van der Waals surface area contributed by atoms with Crippen LogP contribution in [0, 0.1) is 0 Å². The van der Waals surface area contributed by atoms with E-state index >= 15 is 0 Å². The van der Waals surface area contributed by atoms with E-state index in [1.165, 1.54) is 11.8 Å². The number of ether oxygens (including phenoxy) is 2. The first-order chi connectivity index (χ1) is 11.3. The predicted octanol–water partition coefficient (Wildman–Crippen LogP) is 3.62. The molecule has 1 N–H and O–H groups in total. The molecule has 1 aromatic carbocycles. The molecule has 0 aliphatic carbocycles. The largest absolute Gasteiger partial charge is 0.492 e. The number of nitrogens with zero attached hydrogens (tertiary/aromatic N) is 1. The number of pyridine rings is 1. The molecule has 1 amide bonds. The second-order valence-corrected chi connectivity index (χ2v) is 7.28. The van der Waals surface area contributed by atoms with Crippen LogP contribution in [0.25, 0.3) is 10.9 Å². The molecule has 0 aliphatic heterocycles. The van der Waals surface area contributed by atoms with E-state index in [1.807, 2.05) is 58.2 Å². The maximum absolute atomic E-state index is 12.3. The Morgan fingerprint density at radius 1 is 1.29 bits per heavy atom. The third-order valence-electron chi connectivity index (χ3n) is 3.11. The number of thioether (sulfide) groups is 1. The summed E-state index contributed by atoms with van der Waals surface area (Å²) in [7, 11) is 0. The number of hydrogen-bond donors (Lipinski definition) is 1. The number of aromatic nitrogens is 1. The van der Waals surface area contributed by atoms with Crippen molar-refractivity contribution in [3.05, 3.63) is 30.5 Å². The van der Waals surface area contributed by atoms with Crippen LogP contribution in [-0.4, -0.2) is 34.7 Å². The van der Waals surface area contributed by atoms with Gasteiger partial charge >= 0.3 is 0 Å². The number of hydrogen-bond acceptors (Lipinski definition) is 5. The molecule has 1 atom stereocenters. The molecule has 1 unspecified atom stereocenters. The predicted molar refractivity (Wildman–Crippen MR) is 98.7 cm³/mol. The van der Waals surface area contributed by atoms with Crippen molar-refractivity contribution >= 4 is 28.6 Å². The number of benzene rings is 1. The second-order valence-electron chi connectivity index (χ2n) is 6.38. The Balaban J connectivity index is 2.19. The van der Waals surface area contributed by atoms with Gasteiger partial charge in [0, 0.05) is 10.9 Å². The standard InChI is InChI=1S/C18H24N2O3S/c1-6-22-14-10-12-9-13(7-8-15(12)19-11-14)23-17(24-5)16(21)20-18(2,3)4/h7-11,17H,6H2,1-5H3,(H,20,21). The molecule has 5 nitrogen and oxygen atoms in total. The van der Waals surface area contributed by atoms with Crippen LogP contribution in [0.1, 0.15) is 27.7 Å². The molecule has 0 saturated carbocycles. The summed E-state index contributed by atoms with van der Waals surface area (Å²) in [5.41, 5.74) is -0.0518. The third-order valence-corrected chi connectivity index (χ3v) is 3.85. The van der Waals surface area contributed by atoms with E-state index in [-0.39, 0.29) is 11.4 Å². The van der Waals surface area contributed by atoms with Gasteiger partial charge in [-0.2, -0.15) is 0 Å². The quantitative estimate of drug-likeness (QED) is 0.808. The zero-order valence-electron chi connectivity index (χ0n) is 14.8. The van der Waals surface area contributed by atoms with Gasteiger partial charge in [-0.25, -0.2) is 0 Å². The van der Waals surface area contributed by atoms with Crippen LogP contribution in [0.4, 0.5) is 0 Å². The molecule has 0 bridgehead atoms. The molecule has 130 valence electrons. The van der Waals surface area contributed by atoms with Crippen molar-refractivity contribution in [2.45, 2.75) is 38.7 Å².